The van der Waals surface area contributed by atoms with Gasteiger partial charge in [0.2, 0.25) is 0 Å². The fourth-order valence-electron chi connectivity index (χ4n) is 2.81. The zero-order valence-electron chi connectivity index (χ0n) is 10.9. The second-order valence-corrected chi connectivity index (χ2v) is 5.41. The van der Waals surface area contributed by atoms with Gasteiger partial charge in [-0.3, -0.25) is 0 Å². The molecule has 0 saturated heterocycles. The number of halogens is 4. The Morgan fingerprint density at radius 3 is 2.70 bits per heavy atom. The molecule has 1 saturated carbocycles. The molecular formula is C14H17F4NO. The Kier molecular flexibility index (Phi) is 4.22. The maximum absolute atomic E-state index is 13.1. The molecule has 2 atom stereocenters. The third-order valence-electron chi connectivity index (χ3n) is 3.84. The van der Waals surface area contributed by atoms with E-state index in [0.29, 0.717) is 18.5 Å². The lowest BCUT2D eigenvalue weighted by atomic mass is 9.75. The predicted octanol–water partition coefficient (Wildman–Crippen LogP) is 3.72. The van der Waals surface area contributed by atoms with Crippen molar-refractivity contribution in [3.05, 3.63) is 30.1 Å². The minimum Gasteiger partial charge on any atom is -0.394 e. The van der Waals surface area contributed by atoms with Gasteiger partial charge in [0, 0.05) is 5.69 Å². The normalized spacial score (nSPS) is 27.4. The van der Waals surface area contributed by atoms with Crippen LogP contribution in [0.3, 0.4) is 0 Å². The Morgan fingerprint density at radius 1 is 1.35 bits per heavy atom. The van der Waals surface area contributed by atoms with Crippen LogP contribution in [0.5, 0.6) is 0 Å². The molecule has 1 aliphatic carbocycles. The van der Waals surface area contributed by atoms with E-state index in [1.807, 2.05) is 0 Å². The summed E-state index contributed by atoms with van der Waals surface area (Å²) in [6.45, 7) is -0.407. The molecule has 112 valence electrons. The third-order valence-corrected chi connectivity index (χ3v) is 3.84. The molecular weight excluding hydrogens is 274 g/mol. The van der Waals surface area contributed by atoms with Crippen molar-refractivity contribution < 1.29 is 22.7 Å². The average molecular weight is 291 g/mol. The van der Waals surface area contributed by atoms with Crippen LogP contribution in [-0.4, -0.2) is 23.4 Å². The molecule has 0 aliphatic heterocycles. The summed E-state index contributed by atoms with van der Waals surface area (Å²) < 4.78 is 51.7. The fraction of sp³-hybridized carbons (Fsp3) is 0.571. The van der Waals surface area contributed by atoms with E-state index in [0.717, 1.165) is 0 Å². The van der Waals surface area contributed by atoms with Crippen molar-refractivity contribution in [2.24, 2.45) is 5.92 Å². The Hall–Kier alpha value is -1.30. The maximum atomic E-state index is 13.1. The van der Waals surface area contributed by atoms with Gasteiger partial charge >= 0.3 is 6.18 Å². The van der Waals surface area contributed by atoms with E-state index in [4.69, 9.17) is 0 Å². The standard InChI is InChI=1S/C14H17F4NO/c15-11-4-1-5-12(7-11)19-13(9-20)6-2-3-10(8-13)14(16,17)18/h1,4-5,7,10,19-20H,2-3,6,8-9H2. The van der Waals surface area contributed by atoms with Crippen molar-refractivity contribution in [2.75, 3.05) is 11.9 Å². The first-order chi connectivity index (χ1) is 9.35. The van der Waals surface area contributed by atoms with Gasteiger partial charge in [0.25, 0.3) is 0 Å². The van der Waals surface area contributed by atoms with Gasteiger partial charge in [-0.1, -0.05) is 12.5 Å². The van der Waals surface area contributed by atoms with Crippen molar-refractivity contribution in [1.82, 2.24) is 0 Å². The highest BCUT2D eigenvalue weighted by Crippen LogP contribution is 2.42. The number of alkyl halides is 3. The van der Waals surface area contributed by atoms with Crippen LogP contribution in [0.25, 0.3) is 0 Å². The van der Waals surface area contributed by atoms with Gasteiger partial charge in [0.1, 0.15) is 5.82 Å². The number of hydrogen-bond donors (Lipinski definition) is 2. The molecule has 0 aromatic heterocycles. The van der Waals surface area contributed by atoms with E-state index in [1.54, 1.807) is 6.07 Å². The molecule has 2 rings (SSSR count). The molecule has 1 fully saturated rings. The zero-order valence-corrected chi connectivity index (χ0v) is 10.9. The Bertz CT molecular complexity index is 463. The van der Waals surface area contributed by atoms with Crippen LogP contribution >= 0.6 is 0 Å². The van der Waals surface area contributed by atoms with E-state index in [9.17, 15) is 22.7 Å². The summed E-state index contributed by atoms with van der Waals surface area (Å²) in [7, 11) is 0. The quantitative estimate of drug-likeness (QED) is 0.832. The summed E-state index contributed by atoms with van der Waals surface area (Å²) in [5, 5.41) is 12.4. The number of benzene rings is 1. The minimum absolute atomic E-state index is 0.0794. The molecule has 0 amide bonds. The van der Waals surface area contributed by atoms with Gasteiger partial charge in [-0.05, 0) is 37.5 Å². The summed E-state index contributed by atoms with van der Waals surface area (Å²) in [5.41, 5.74) is -0.645. The van der Waals surface area contributed by atoms with Crippen molar-refractivity contribution >= 4 is 5.69 Å². The lowest BCUT2D eigenvalue weighted by molar-refractivity contribution is -0.187. The van der Waals surface area contributed by atoms with Crippen molar-refractivity contribution in [3.8, 4) is 0 Å². The number of aliphatic hydroxyl groups excluding tert-OH is 1. The van der Waals surface area contributed by atoms with Crippen LogP contribution in [0, 0.1) is 11.7 Å². The van der Waals surface area contributed by atoms with Gasteiger partial charge in [-0.15, -0.1) is 0 Å². The van der Waals surface area contributed by atoms with Crippen LogP contribution in [0.4, 0.5) is 23.2 Å². The molecule has 2 nitrogen and oxygen atoms in total. The third kappa shape index (κ3) is 3.42. The lowest BCUT2D eigenvalue weighted by Gasteiger charge is -2.41. The summed E-state index contributed by atoms with van der Waals surface area (Å²) in [6.07, 6.45) is -3.55. The number of anilines is 1. The Balaban J connectivity index is 2.16. The molecule has 0 bridgehead atoms. The predicted molar refractivity (Wildman–Crippen MR) is 67.9 cm³/mol. The highest BCUT2D eigenvalue weighted by atomic mass is 19.4. The topological polar surface area (TPSA) is 32.3 Å². The maximum Gasteiger partial charge on any atom is 0.391 e. The molecule has 20 heavy (non-hydrogen) atoms. The van der Waals surface area contributed by atoms with Gasteiger partial charge < -0.3 is 10.4 Å². The molecule has 2 unspecified atom stereocenters. The number of hydrogen-bond acceptors (Lipinski definition) is 2. The van der Waals surface area contributed by atoms with Crippen molar-refractivity contribution in [1.29, 1.82) is 0 Å². The van der Waals surface area contributed by atoms with Gasteiger partial charge in [-0.2, -0.15) is 13.2 Å². The highest BCUT2D eigenvalue weighted by molar-refractivity contribution is 5.46. The highest BCUT2D eigenvalue weighted by Gasteiger charge is 2.47. The number of nitrogens with one attached hydrogen (secondary N) is 1. The summed E-state index contributed by atoms with van der Waals surface area (Å²) in [6, 6.07) is 5.54. The molecule has 0 heterocycles. The lowest BCUT2D eigenvalue weighted by Crippen LogP contribution is -2.48. The van der Waals surface area contributed by atoms with Crippen LogP contribution in [0.1, 0.15) is 25.7 Å². The first-order valence-corrected chi connectivity index (χ1v) is 6.56. The fourth-order valence-corrected chi connectivity index (χ4v) is 2.81. The van der Waals surface area contributed by atoms with Crippen LogP contribution in [-0.2, 0) is 0 Å². The van der Waals surface area contributed by atoms with Crippen LogP contribution < -0.4 is 5.32 Å². The molecule has 6 heteroatoms. The second-order valence-electron chi connectivity index (χ2n) is 5.41. The van der Waals surface area contributed by atoms with E-state index < -0.39 is 30.1 Å². The largest absolute Gasteiger partial charge is 0.394 e. The van der Waals surface area contributed by atoms with Gasteiger partial charge in [-0.25, -0.2) is 4.39 Å². The zero-order chi connectivity index (χ0) is 14.8. The van der Waals surface area contributed by atoms with Crippen LogP contribution in [0.2, 0.25) is 0 Å². The van der Waals surface area contributed by atoms with Crippen molar-refractivity contribution in [2.45, 2.75) is 37.4 Å². The molecule has 2 N–H and O–H groups in total. The van der Waals surface area contributed by atoms with Crippen molar-refractivity contribution in [3.63, 3.8) is 0 Å². The summed E-state index contributed by atoms with van der Waals surface area (Å²) in [4.78, 5) is 0. The monoisotopic (exact) mass is 291 g/mol. The average Bonchev–Trinajstić information content (AvgIpc) is 2.38. The number of rotatable bonds is 3. The number of aliphatic hydroxyl groups is 1. The Morgan fingerprint density at radius 2 is 2.10 bits per heavy atom. The van der Waals surface area contributed by atoms with E-state index >= 15 is 0 Å². The minimum atomic E-state index is -4.26. The molecule has 1 aromatic rings. The summed E-state index contributed by atoms with van der Waals surface area (Å²) in [5.74, 6) is -1.89. The van der Waals surface area contributed by atoms with Gasteiger partial charge in [0.05, 0.1) is 18.1 Å². The van der Waals surface area contributed by atoms with Gasteiger partial charge in [0.15, 0.2) is 0 Å². The first kappa shape index (κ1) is 15.1. The van der Waals surface area contributed by atoms with E-state index in [1.165, 1.54) is 18.2 Å². The smallest absolute Gasteiger partial charge is 0.391 e. The molecule has 0 spiro atoms. The molecule has 1 aromatic carbocycles. The first-order valence-electron chi connectivity index (χ1n) is 6.56. The second kappa shape index (κ2) is 5.60. The molecule has 1 aliphatic rings. The van der Waals surface area contributed by atoms with E-state index in [-0.39, 0.29) is 12.8 Å². The Labute approximate surface area is 114 Å². The van der Waals surface area contributed by atoms with E-state index in [2.05, 4.69) is 5.32 Å². The summed E-state index contributed by atoms with van der Waals surface area (Å²) >= 11 is 0. The molecule has 0 radical (unpaired) electrons. The SMILES string of the molecule is OCC1(Nc2cccc(F)c2)CCCC(C(F)(F)F)C1. The van der Waals surface area contributed by atoms with Crippen LogP contribution in [0.15, 0.2) is 24.3 Å².